The van der Waals surface area contributed by atoms with Gasteiger partial charge in [0, 0.05) is 6.07 Å². The zero-order valence-electron chi connectivity index (χ0n) is 10.4. The minimum Gasteiger partial charge on any atom is -0.491 e. The first-order chi connectivity index (χ1) is 8.17. The lowest BCUT2D eigenvalue weighted by Crippen LogP contribution is -2.38. The van der Waals surface area contributed by atoms with E-state index in [1.807, 2.05) is 6.92 Å². The average molecular weight is 241 g/mol. The molecule has 0 bridgehead atoms. The summed E-state index contributed by atoms with van der Waals surface area (Å²) in [4.78, 5) is 0. The van der Waals surface area contributed by atoms with Gasteiger partial charge in [0.25, 0.3) is 0 Å². The quantitative estimate of drug-likeness (QED) is 0.765. The SMILES string of the molecule is CCCNC(CO)COc1cc(F)ccc1C. The van der Waals surface area contributed by atoms with Crippen LogP contribution in [-0.4, -0.2) is 30.9 Å². The molecule has 96 valence electrons. The molecule has 4 heteroatoms. The third-order valence-electron chi connectivity index (χ3n) is 2.49. The Morgan fingerprint density at radius 1 is 1.47 bits per heavy atom. The van der Waals surface area contributed by atoms with Gasteiger partial charge in [0.05, 0.1) is 12.6 Å². The standard InChI is InChI=1S/C13H20FNO2/c1-3-6-15-12(8-16)9-17-13-7-11(14)5-4-10(13)2/h4-5,7,12,15-16H,3,6,8-9H2,1-2H3. The van der Waals surface area contributed by atoms with Crippen LogP contribution in [0.4, 0.5) is 4.39 Å². The van der Waals surface area contributed by atoms with E-state index in [0.717, 1.165) is 18.5 Å². The van der Waals surface area contributed by atoms with E-state index in [-0.39, 0.29) is 18.5 Å². The number of halogens is 1. The van der Waals surface area contributed by atoms with Crippen LogP contribution < -0.4 is 10.1 Å². The molecule has 1 aromatic carbocycles. The van der Waals surface area contributed by atoms with Crippen molar-refractivity contribution in [3.05, 3.63) is 29.6 Å². The second kappa shape index (κ2) is 7.25. The lowest BCUT2D eigenvalue weighted by molar-refractivity contribution is 0.182. The Kier molecular flexibility index (Phi) is 5.94. The molecule has 3 nitrogen and oxygen atoms in total. The van der Waals surface area contributed by atoms with Gasteiger partial charge in [-0.1, -0.05) is 13.0 Å². The number of ether oxygens (including phenoxy) is 1. The van der Waals surface area contributed by atoms with Gasteiger partial charge >= 0.3 is 0 Å². The Labute approximate surface area is 102 Å². The summed E-state index contributed by atoms with van der Waals surface area (Å²) in [6.07, 6.45) is 0.996. The highest BCUT2D eigenvalue weighted by atomic mass is 19.1. The first kappa shape index (κ1) is 13.9. The number of hydrogen-bond donors (Lipinski definition) is 2. The van der Waals surface area contributed by atoms with Gasteiger partial charge in [-0.3, -0.25) is 0 Å². The summed E-state index contributed by atoms with van der Waals surface area (Å²) in [5, 5.41) is 12.3. The summed E-state index contributed by atoms with van der Waals surface area (Å²) < 4.78 is 18.5. The van der Waals surface area contributed by atoms with Gasteiger partial charge in [0.1, 0.15) is 18.2 Å². The summed E-state index contributed by atoms with van der Waals surface area (Å²) in [7, 11) is 0. The number of aryl methyl sites for hydroxylation is 1. The number of nitrogens with one attached hydrogen (secondary N) is 1. The highest BCUT2D eigenvalue weighted by Crippen LogP contribution is 2.18. The molecule has 0 spiro atoms. The van der Waals surface area contributed by atoms with Crippen molar-refractivity contribution in [2.45, 2.75) is 26.3 Å². The summed E-state index contributed by atoms with van der Waals surface area (Å²) >= 11 is 0. The number of aliphatic hydroxyl groups is 1. The van der Waals surface area contributed by atoms with Gasteiger partial charge in [-0.2, -0.15) is 0 Å². The Hall–Kier alpha value is -1.13. The summed E-state index contributed by atoms with van der Waals surface area (Å²) in [6, 6.07) is 4.33. The fraction of sp³-hybridized carbons (Fsp3) is 0.538. The van der Waals surface area contributed by atoms with Crippen LogP contribution in [0.15, 0.2) is 18.2 Å². The van der Waals surface area contributed by atoms with Crippen molar-refractivity contribution < 1.29 is 14.2 Å². The second-order valence-corrected chi connectivity index (χ2v) is 4.05. The van der Waals surface area contributed by atoms with Crippen molar-refractivity contribution in [3.8, 4) is 5.75 Å². The molecule has 17 heavy (non-hydrogen) atoms. The van der Waals surface area contributed by atoms with Crippen molar-refractivity contribution in [1.82, 2.24) is 5.32 Å². The Morgan fingerprint density at radius 3 is 2.88 bits per heavy atom. The van der Waals surface area contributed by atoms with E-state index >= 15 is 0 Å². The monoisotopic (exact) mass is 241 g/mol. The van der Waals surface area contributed by atoms with Crippen LogP contribution >= 0.6 is 0 Å². The Bertz CT molecular complexity index is 344. The molecule has 0 saturated carbocycles. The second-order valence-electron chi connectivity index (χ2n) is 4.05. The van der Waals surface area contributed by atoms with Crippen LogP contribution in [0.3, 0.4) is 0 Å². The van der Waals surface area contributed by atoms with Crippen molar-refractivity contribution in [2.75, 3.05) is 19.8 Å². The molecule has 0 aliphatic rings. The van der Waals surface area contributed by atoms with E-state index in [1.54, 1.807) is 6.07 Å². The maximum Gasteiger partial charge on any atom is 0.126 e. The molecule has 0 radical (unpaired) electrons. The fourth-order valence-corrected chi connectivity index (χ4v) is 1.44. The number of benzene rings is 1. The molecule has 0 fully saturated rings. The molecule has 0 aliphatic heterocycles. The lowest BCUT2D eigenvalue weighted by Gasteiger charge is -2.17. The smallest absolute Gasteiger partial charge is 0.126 e. The van der Waals surface area contributed by atoms with Gasteiger partial charge < -0.3 is 15.2 Å². The summed E-state index contributed by atoms with van der Waals surface area (Å²) in [5.74, 6) is 0.217. The topological polar surface area (TPSA) is 41.5 Å². The van der Waals surface area contributed by atoms with E-state index in [1.165, 1.54) is 12.1 Å². The van der Waals surface area contributed by atoms with Crippen LogP contribution in [0.25, 0.3) is 0 Å². The number of hydrogen-bond acceptors (Lipinski definition) is 3. The zero-order valence-corrected chi connectivity index (χ0v) is 10.4. The van der Waals surface area contributed by atoms with Crippen molar-refractivity contribution in [1.29, 1.82) is 0 Å². The van der Waals surface area contributed by atoms with Crippen LogP contribution in [0.5, 0.6) is 5.75 Å². The van der Waals surface area contributed by atoms with Crippen LogP contribution in [0.2, 0.25) is 0 Å². The summed E-state index contributed by atoms with van der Waals surface area (Å²) in [5.41, 5.74) is 0.888. The predicted octanol–water partition coefficient (Wildman–Crippen LogP) is 1.87. The van der Waals surface area contributed by atoms with Crippen molar-refractivity contribution >= 4 is 0 Å². The Morgan fingerprint density at radius 2 is 2.24 bits per heavy atom. The van der Waals surface area contributed by atoms with Gasteiger partial charge in [0.15, 0.2) is 0 Å². The summed E-state index contributed by atoms with van der Waals surface area (Å²) in [6.45, 7) is 5.09. The van der Waals surface area contributed by atoms with E-state index < -0.39 is 0 Å². The lowest BCUT2D eigenvalue weighted by atomic mass is 10.2. The van der Waals surface area contributed by atoms with Crippen molar-refractivity contribution in [3.63, 3.8) is 0 Å². The van der Waals surface area contributed by atoms with Gasteiger partial charge in [0.2, 0.25) is 0 Å². The molecule has 1 rings (SSSR count). The highest BCUT2D eigenvalue weighted by molar-refractivity contribution is 5.32. The van der Waals surface area contributed by atoms with Crippen LogP contribution in [-0.2, 0) is 0 Å². The first-order valence-corrected chi connectivity index (χ1v) is 5.90. The van der Waals surface area contributed by atoms with Gasteiger partial charge in [-0.25, -0.2) is 4.39 Å². The number of rotatable bonds is 7. The molecule has 0 amide bonds. The largest absolute Gasteiger partial charge is 0.491 e. The van der Waals surface area contributed by atoms with Gasteiger partial charge in [-0.05, 0) is 31.5 Å². The zero-order chi connectivity index (χ0) is 12.7. The minimum atomic E-state index is -0.312. The third kappa shape index (κ3) is 4.71. The molecule has 0 aliphatic carbocycles. The van der Waals surface area contributed by atoms with E-state index in [0.29, 0.717) is 12.4 Å². The molecule has 1 unspecified atom stereocenters. The molecule has 1 aromatic rings. The number of aliphatic hydroxyl groups excluding tert-OH is 1. The highest BCUT2D eigenvalue weighted by Gasteiger charge is 2.08. The average Bonchev–Trinajstić information content (AvgIpc) is 2.33. The predicted molar refractivity (Wildman–Crippen MR) is 65.8 cm³/mol. The van der Waals surface area contributed by atoms with E-state index in [9.17, 15) is 4.39 Å². The molecule has 1 atom stereocenters. The maximum absolute atomic E-state index is 13.0. The van der Waals surface area contributed by atoms with Crippen LogP contribution in [0.1, 0.15) is 18.9 Å². The minimum absolute atomic E-state index is 0.00830. The van der Waals surface area contributed by atoms with Crippen molar-refractivity contribution in [2.24, 2.45) is 0 Å². The molecule has 0 aromatic heterocycles. The van der Waals surface area contributed by atoms with E-state index in [4.69, 9.17) is 9.84 Å². The van der Waals surface area contributed by atoms with Gasteiger partial charge in [-0.15, -0.1) is 0 Å². The molecule has 0 saturated heterocycles. The van der Waals surface area contributed by atoms with E-state index in [2.05, 4.69) is 12.2 Å². The normalized spacial score (nSPS) is 12.5. The third-order valence-corrected chi connectivity index (χ3v) is 2.49. The maximum atomic E-state index is 13.0. The molecular weight excluding hydrogens is 221 g/mol. The molecule has 0 heterocycles. The molecule has 2 N–H and O–H groups in total. The molecular formula is C13H20FNO2. The Balaban J connectivity index is 2.50. The fourth-order valence-electron chi connectivity index (χ4n) is 1.44. The van der Waals surface area contributed by atoms with Crippen LogP contribution in [0, 0.1) is 12.7 Å². The first-order valence-electron chi connectivity index (χ1n) is 5.90.